The fourth-order valence-electron chi connectivity index (χ4n) is 8.80. The summed E-state index contributed by atoms with van der Waals surface area (Å²) in [5.74, 6) is 1.01. The molecule has 49 heavy (non-hydrogen) atoms. The van der Waals surface area contributed by atoms with Crippen LogP contribution >= 0.6 is 0 Å². The monoisotopic (exact) mass is 616 g/mol. The molecule has 0 aliphatic heterocycles. The van der Waals surface area contributed by atoms with E-state index in [4.69, 9.17) is 4.98 Å². The third kappa shape index (κ3) is 4.70. The number of rotatable bonds is 3. The van der Waals surface area contributed by atoms with Gasteiger partial charge < -0.3 is 0 Å². The van der Waals surface area contributed by atoms with Gasteiger partial charge in [0.25, 0.3) is 0 Å². The van der Waals surface area contributed by atoms with Gasteiger partial charge in [0, 0.05) is 0 Å². The molecule has 0 saturated heterocycles. The van der Waals surface area contributed by atoms with Crippen molar-refractivity contribution >= 4 is 206 Å². The van der Waals surface area contributed by atoms with Crippen LogP contribution in [-0.4, -0.2) is 112 Å². The summed E-state index contributed by atoms with van der Waals surface area (Å²) >= 11 is 0. The summed E-state index contributed by atoms with van der Waals surface area (Å²) in [4.78, 5) is 5.11. The van der Waals surface area contributed by atoms with Gasteiger partial charge in [-0.05, 0) is 68.9 Å². The first-order chi connectivity index (χ1) is 23.2. The maximum Gasteiger partial charge on any atom is 0.139 e. The highest BCUT2D eigenvalue weighted by Crippen LogP contribution is 2.40. The lowest BCUT2D eigenvalue weighted by molar-refractivity contribution is 1.02. The Balaban J connectivity index is 1.77. The van der Waals surface area contributed by atoms with Gasteiger partial charge in [0.15, 0.2) is 0 Å². The average molecular weight is 614 g/mol. The van der Waals surface area contributed by atoms with E-state index in [-0.39, 0.29) is 0 Å². The molecular formula is C34H37B13N2. The van der Waals surface area contributed by atoms with Crippen LogP contribution in [0.15, 0.2) is 48.5 Å². The highest BCUT2D eigenvalue weighted by Gasteiger charge is 2.27. The number of para-hydroxylation sites is 2. The van der Waals surface area contributed by atoms with Crippen molar-refractivity contribution in [2.45, 2.75) is 6.92 Å². The zero-order valence-electron chi connectivity index (χ0n) is 32.0. The molecule has 222 valence electrons. The average Bonchev–Trinajstić information content (AvgIpc) is 3.43. The SMILES string of the molecule is Bc1c(B)c(B)c(-c2cccc(-c3c4c(B)c(B)c(B)c(B)c4c(-n4c(C)nc5ccccc54)c4c(B)c(B)c(B)c(B)c34)c2)c(B)c1B. The molecule has 0 aliphatic carbocycles. The summed E-state index contributed by atoms with van der Waals surface area (Å²) in [7, 11) is 30.0. The number of hydrogen-bond donors (Lipinski definition) is 0. The fourth-order valence-corrected chi connectivity index (χ4v) is 8.80. The number of aryl methyl sites for hydroxylation is 1. The van der Waals surface area contributed by atoms with Crippen LogP contribution in [0.4, 0.5) is 0 Å². The molecule has 0 saturated carbocycles. The van der Waals surface area contributed by atoms with Crippen LogP contribution in [0.1, 0.15) is 5.82 Å². The zero-order chi connectivity index (χ0) is 35.4. The number of imidazole rings is 1. The van der Waals surface area contributed by atoms with E-state index in [1.165, 1.54) is 121 Å². The predicted molar refractivity (Wildman–Crippen MR) is 258 cm³/mol. The largest absolute Gasteiger partial charge is 0.295 e. The molecule has 0 N–H and O–H groups in total. The molecule has 1 heterocycles. The standard InChI is InChI=1S/C34H37B13N2/c1-10-48-13-7-2-3-8-14(13)49(10)34-19-17(23(37)29(43)31(45)25(19)39)15(18-20(34)26(40)32(46)30(44)24(18)38)11-5-4-6-12(9-11)16-21(35)27(41)33(47)28(42)22(16)36/h2-9H,35-47H2,1H3. The van der Waals surface area contributed by atoms with Crippen molar-refractivity contribution in [2.24, 2.45) is 0 Å². The Morgan fingerprint density at radius 1 is 0.429 bits per heavy atom. The Labute approximate surface area is 303 Å². The van der Waals surface area contributed by atoms with E-state index in [0.29, 0.717) is 0 Å². The first-order valence-electron chi connectivity index (χ1n) is 17.8. The van der Waals surface area contributed by atoms with E-state index in [0.717, 1.165) is 16.9 Å². The molecule has 1 aromatic heterocycles. The molecule has 7 aromatic rings. The summed E-state index contributed by atoms with van der Waals surface area (Å²) in [5.41, 5.74) is 26.5. The second-order valence-electron chi connectivity index (χ2n) is 14.8. The highest BCUT2D eigenvalue weighted by molar-refractivity contribution is 6.71. The van der Waals surface area contributed by atoms with E-state index in [1.807, 2.05) is 0 Å². The van der Waals surface area contributed by atoms with Crippen LogP contribution in [0.2, 0.25) is 0 Å². The first kappa shape index (κ1) is 33.6. The molecule has 7 rings (SSSR count). The molecule has 0 spiro atoms. The van der Waals surface area contributed by atoms with E-state index in [1.54, 1.807) is 0 Å². The third-order valence-corrected chi connectivity index (χ3v) is 12.7. The quantitative estimate of drug-likeness (QED) is 0.143. The minimum atomic E-state index is 1.01. The predicted octanol–water partition coefficient (Wildman–Crippen LogP) is -13.7. The maximum absolute atomic E-state index is 5.11. The molecule has 0 fully saturated rings. The summed E-state index contributed by atoms with van der Waals surface area (Å²) in [6.45, 7) is 2.16. The molecule has 2 nitrogen and oxygen atoms in total. The van der Waals surface area contributed by atoms with Crippen molar-refractivity contribution in [1.82, 2.24) is 9.55 Å². The van der Waals surface area contributed by atoms with Crippen LogP contribution in [0, 0.1) is 6.92 Å². The minimum Gasteiger partial charge on any atom is -0.295 e. The Morgan fingerprint density at radius 2 is 0.837 bits per heavy atom. The van der Waals surface area contributed by atoms with Crippen LogP contribution in [0.25, 0.3) is 60.5 Å². The summed E-state index contributed by atoms with van der Waals surface area (Å²) in [6, 6.07) is 18.0. The number of benzene rings is 6. The Bertz CT molecular complexity index is 2500. The van der Waals surface area contributed by atoms with Crippen molar-refractivity contribution in [3.8, 4) is 27.9 Å². The van der Waals surface area contributed by atoms with E-state index >= 15 is 0 Å². The minimum absolute atomic E-state index is 1.01. The van der Waals surface area contributed by atoms with Gasteiger partial charge in [-0.1, -0.05) is 63.1 Å². The van der Waals surface area contributed by atoms with Gasteiger partial charge in [-0.2, -0.15) is 0 Å². The molecular weight excluding hydrogens is 577 g/mol. The third-order valence-electron chi connectivity index (χ3n) is 12.7. The van der Waals surface area contributed by atoms with Crippen molar-refractivity contribution < 1.29 is 0 Å². The molecule has 6 aromatic carbocycles. The van der Waals surface area contributed by atoms with Gasteiger partial charge in [-0.15, -0.1) is 38.2 Å². The van der Waals surface area contributed by atoms with E-state index in [9.17, 15) is 0 Å². The number of aromatic nitrogens is 2. The van der Waals surface area contributed by atoms with Gasteiger partial charge in [0.05, 0.1) is 16.7 Å². The van der Waals surface area contributed by atoms with Gasteiger partial charge in [0.1, 0.15) is 108 Å². The summed E-state index contributed by atoms with van der Waals surface area (Å²) in [5, 5.41) is 5.38. The van der Waals surface area contributed by atoms with Crippen molar-refractivity contribution in [3.63, 3.8) is 0 Å². The number of fused-ring (bicyclic) bond motifs is 3. The van der Waals surface area contributed by atoms with Gasteiger partial charge in [-0.25, -0.2) is 4.98 Å². The first-order valence-corrected chi connectivity index (χ1v) is 17.8. The molecule has 0 unspecified atom stereocenters. The van der Waals surface area contributed by atoms with Gasteiger partial charge in [0.2, 0.25) is 0 Å². The van der Waals surface area contributed by atoms with Gasteiger partial charge >= 0.3 is 0 Å². The second-order valence-corrected chi connectivity index (χ2v) is 14.8. The lowest BCUT2D eigenvalue weighted by Crippen LogP contribution is -2.55. The fraction of sp³-hybridized carbons (Fsp3) is 0.0294. The Kier molecular flexibility index (Phi) is 8.16. The Morgan fingerprint density at radius 3 is 1.35 bits per heavy atom. The van der Waals surface area contributed by atoms with Crippen molar-refractivity contribution in [3.05, 3.63) is 54.4 Å². The molecule has 0 bridgehead atoms. The van der Waals surface area contributed by atoms with Crippen molar-refractivity contribution in [2.75, 3.05) is 0 Å². The van der Waals surface area contributed by atoms with Crippen LogP contribution in [0.3, 0.4) is 0 Å². The normalized spacial score (nSPS) is 11.6. The molecule has 0 amide bonds. The maximum atomic E-state index is 5.11. The smallest absolute Gasteiger partial charge is 0.139 e. The topological polar surface area (TPSA) is 17.8 Å². The van der Waals surface area contributed by atoms with Crippen molar-refractivity contribution in [1.29, 1.82) is 0 Å². The van der Waals surface area contributed by atoms with Crippen LogP contribution < -0.4 is 71.0 Å². The number of nitrogens with zero attached hydrogens (tertiary/aromatic N) is 2. The van der Waals surface area contributed by atoms with E-state index in [2.05, 4.69) is 162 Å². The summed E-state index contributed by atoms with van der Waals surface area (Å²) < 4.78 is 2.45. The Hall–Kier alpha value is -3.85. The molecule has 0 radical (unpaired) electrons. The second kappa shape index (κ2) is 11.9. The molecule has 0 aliphatic rings. The van der Waals surface area contributed by atoms with E-state index < -0.39 is 0 Å². The summed E-state index contributed by atoms with van der Waals surface area (Å²) in [6.07, 6.45) is 0. The lowest BCUT2D eigenvalue weighted by atomic mass is 9.59. The van der Waals surface area contributed by atoms with Gasteiger partial charge in [-0.3, -0.25) is 4.57 Å². The highest BCUT2D eigenvalue weighted by atomic mass is 15.1. The molecule has 15 heteroatoms. The lowest BCUT2D eigenvalue weighted by Gasteiger charge is -2.29. The van der Waals surface area contributed by atoms with Crippen LogP contribution in [0.5, 0.6) is 0 Å². The molecule has 0 atom stereocenters. The number of hydrogen-bond acceptors (Lipinski definition) is 1. The van der Waals surface area contributed by atoms with Crippen LogP contribution in [-0.2, 0) is 0 Å². The zero-order valence-corrected chi connectivity index (χ0v) is 32.0.